The third-order valence-electron chi connectivity index (χ3n) is 2.90. The van der Waals surface area contributed by atoms with Gasteiger partial charge < -0.3 is 14.6 Å². The Bertz CT molecular complexity index is 250. The first-order valence-electron chi connectivity index (χ1n) is 6.75. The lowest BCUT2D eigenvalue weighted by Crippen LogP contribution is -2.52. The Labute approximate surface area is 111 Å². The average molecular weight is 260 g/mol. The van der Waals surface area contributed by atoms with Crippen molar-refractivity contribution in [1.82, 2.24) is 0 Å². The Morgan fingerprint density at radius 2 is 1.61 bits per heavy atom. The Morgan fingerprint density at radius 1 is 1.11 bits per heavy atom. The van der Waals surface area contributed by atoms with Crippen molar-refractivity contribution in [3.8, 4) is 0 Å². The highest BCUT2D eigenvalue weighted by atomic mass is 16.6. The van der Waals surface area contributed by atoms with Gasteiger partial charge in [0.25, 0.3) is 0 Å². The van der Waals surface area contributed by atoms with Gasteiger partial charge >= 0.3 is 5.97 Å². The van der Waals surface area contributed by atoms with E-state index in [0.29, 0.717) is 31.5 Å². The molecule has 0 bridgehead atoms. The van der Waals surface area contributed by atoms with Crippen LogP contribution in [0.3, 0.4) is 0 Å². The van der Waals surface area contributed by atoms with Crippen molar-refractivity contribution in [2.75, 3.05) is 13.2 Å². The Hall–Kier alpha value is -0.610. The topological polar surface area (TPSA) is 55.8 Å². The number of ether oxygens (including phenoxy) is 2. The number of hydrogen-bond donors (Lipinski definition) is 1. The molecule has 1 N–H and O–H groups in total. The van der Waals surface area contributed by atoms with Crippen LogP contribution in [0.15, 0.2) is 0 Å². The summed E-state index contributed by atoms with van der Waals surface area (Å²) in [5.41, 5.74) is -1.24. The molecule has 0 aromatic heterocycles. The van der Waals surface area contributed by atoms with Crippen LogP contribution in [0.4, 0.5) is 0 Å². The van der Waals surface area contributed by atoms with E-state index < -0.39 is 17.7 Å². The van der Waals surface area contributed by atoms with Crippen molar-refractivity contribution >= 4 is 5.97 Å². The van der Waals surface area contributed by atoms with E-state index in [4.69, 9.17) is 9.47 Å². The normalized spacial score (nSPS) is 16.9. The number of rotatable bonds is 9. The van der Waals surface area contributed by atoms with E-state index in [1.54, 1.807) is 6.92 Å². The monoisotopic (exact) mass is 260 g/mol. The fourth-order valence-corrected chi connectivity index (χ4v) is 1.68. The van der Waals surface area contributed by atoms with E-state index in [1.165, 1.54) is 0 Å². The van der Waals surface area contributed by atoms with E-state index in [9.17, 15) is 9.90 Å². The molecule has 0 saturated carbocycles. The zero-order valence-electron chi connectivity index (χ0n) is 12.5. The zero-order valence-corrected chi connectivity index (χ0v) is 12.5. The number of carboxylic acids is 1. The highest BCUT2D eigenvalue weighted by Gasteiger charge is 2.44. The Balaban J connectivity index is 4.77. The lowest BCUT2D eigenvalue weighted by molar-refractivity contribution is -0.192. The maximum Gasteiger partial charge on any atom is 0.338 e. The van der Waals surface area contributed by atoms with E-state index in [2.05, 4.69) is 0 Å². The highest BCUT2D eigenvalue weighted by Crippen LogP contribution is 2.25. The SMILES string of the molecule is CCC(OCC(C)C)(C(=O)O)C(C)OCC(C)C. The van der Waals surface area contributed by atoms with Gasteiger partial charge in [-0.3, -0.25) is 0 Å². The summed E-state index contributed by atoms with van der Waals surface area (Å²) in [6, 6.07) is 0. The van der Waals surface area contributed by atoms with Gasteiger partial charge in [-0.05, 0) is 25.2 Å². The molecule has 0 saturated heterocycles. The summed E-state index contributed by atoms with van der Waals surface area (Å²) < 4.78 is 11.3. The van der Waals surface area contributed by atoms with Crippen LogP contribution in [-0.4, -0.2) is 36.0 Å². The minimum absolute atomic E-state index is 0.299. The molecule has 0 aliphatic heterocycles. The van der Waals surface area contributed by atoms with Gasteiger partial charge in [-0.25, -0.2) is 4.79 Å². The maximum absolute atomic E-state index is 11.5. The molecule has 0 aliphatic rings. The number of carbonyl (C=O) groups is 1. The average Bonchev–Trinajstić information content (AvgIpc) is 2.26. The van der Waals surface area contributed by atoms with E-state index >= 15 is 0 Å². The molecule has 0 aromatic carbocycles. The Kier molecular flexibility index (Phi) is 7.48. The standard InChI is InChI=1S/C14H28O4/c1-7-14(13(15)16,18-9-11(4)5)12(6)17-8-10(2)3/h10-12H,7-9H2,1-6H3,(H,15,16). The summed E-state index contributed by atoms with van der Waals surface area (Å²) in [5, 5.41) is 9.47. The predicted octanol–water partition coefficient (Wildman–Crippen LogP) is 2.95. The molecular weight excluding hydrogens is 232 g/mol. The summed E-state index contributed by atoms with van der Waals surface area (Å²) in [6.45, 7) is 12.6. The van der Waals surface area contributed by atoms with Gasteiger partial charge in [0.15, 0.2) is 5.60 Å². The molecule has 0 aliphatic carbocycles. The molecule has 4 nitrogen and oxygen atoms in total. The van der Waals surface area contributed by atoms with Gasteiger partial charge in [0, 0.05) is 6.61 Å². The van der Waals surface area contributed by atoms with Crippen molar-refractivity contribution < 1.29 is 19.4 Å². The first kappa shape index (κ1) is 17.4. The van der Waals surface area contributed by atoms with Crippen LogP contribution in [0, 0.1) is 11.8 Å². The lowest BCUT2D eigenvalue weighted by Gasteiger charge is -2.35. The molecular formula is C14H28O4. The first-order valence-corrected chi connectivity index (χ1v) is 6.75. The predicted molar refractivity (Wildman–Crippen MR) is 71.7 cm³/mol. The molecule has 0 spiro atoms. The second kappa shape index (κ2) is 7.74. The summed E-state index contributed by atoms with van der Waals surface area (Å²) in [5.74, 6) is -0.268. The fourth-order valence-electron chi connectivity index (χ4n) is 1.68. The summed E-state index contributed by atoms with van der Waals surface area (Å²) in [7, 11) is 0. The molecule has 0 fully saturated rings. The van der Waals surface area contributed by atoms with Gasteiger partial charge in [-0.2, -0.15) is 0 Å². The van der Waals surface area contributed by atoms with Crippen molar-refractivity contribution in [3.05, 3.63) is 0 Å². The molecule has 0 rings (SSSR count). The van der Waals surface area contributed by atoms with Crippen molar-refractivity contribution in [2.45, 2.75) is 59.7 Å². The molecule has 0 amide bonds. The summed E-state index contributed by atoms with van der Waals surface area (Å²) in [4.78, 5) is 11.5. The van der Waals surface area contributed by atoms with Crippen molar-refractivity contribution in [3.63, 3.8) is 0 Å². The van der Waals surface area contributed by atoms with Gasteiger partial charge in [-0.1, -0.05) is 34.6 Å². The minimum Gasteiger partial charge on any atom is -0.479 e. The molecule has 18 heavy (non-hydrogen) atoms. The van der Waals surface area contributed by atoms with Gasteiger partial charge in [0.05, 0.1) is 12.7 Å². The van der Waals surface area contributed by atoms with Crippen molar-refractivity contribution in [1.29, 1.82) is 0 Å². The van der Waals surface area contributed by atoms with Crippen molar-refractivity contribution in [2.24, 2.45) is 11.8 Å². The summed E-state index contributed by atoms with van der Waals surface area (Å²) >= 11 is 0. The first-order chi connectivity index (χ1) is 8.26. The lowest BCUT2D eigenvalue weighted by atomic mass is 9.94. The molecule has 0 heterocycles. The Morgan fingerprint density at radius 3 is 1.94 bits per heavy atom. The molecule has 4 heteroatoms. The largest absolute Gasteiger partial charge is 0.479 e. The molecule has 2 atom stereocenters. The highest BCUT2D eigenvalue weighted by molar-refractivity contribution is 5.78. The second-order valence-electron chi connectivity index (χ2n) is 5.62. The molecule has 108 valence electrons. The molecule has 0 aromatic rings. The van der Waals surface area contributed by atoms with Crippen LogP contribution in [0.5, 0.6) is 0 Å². The summed E-state index contributed by atoms with van der Waals surface area (Å²) in [6.07, 6.45) is -0.0601. The van der Waals surface area contributed by atoms with E-state index in [-0.39, 0.29) is 0 Å². The molecule has 2 unspecified atom stereocenters. The van der Waals surface area contributed by atoms with Crippen LogP contribution in [0.2, 0.25) is 0 Å². The third-order valence-corrected chi connectivity index (χ3v) is 2.90. The minimum atomic E-state index is -1.24. The third kappa shape index (κ3) is 4.94. The second-order valence-corrected chi connectivity index (χ2v) is 5.62. The van der Waals surface area contributed by atoms with Crippen LogP contribution >= 0.6 is 0 Å². The van der Waals surface area contributed by atoms with E-state index in [0.717, 1.165) is 0 Å². The van der Waals surface area contributed by atoms with Gasteiger partial charge in [0.2, 0.25) is 0 Å². The number of hydrogen-bond acceptors (Lipinski definition) is 3. The maximum atomic E-state index is 11.5. The van der Waals surface area contributed by atoms with Crippen LogP contribution in [-0.2, 0) is 14.3 Å². The quantitative estimate of drug-likeness (QED) is 0.692. The van der Waals surface area contributed by atoms with Gasteiger partial charge in [-0.15, -0.1) is 0 Å². The fraction of sp³-hybridized carbons (Fsp3) is 0.929. The van der Waals surface area contributed by atoms with Gasteiger partial charge in [0.1, 0.15) is 0 Å². The molecule has 0 radical (unpaired) electrons. The van der Waals surface area contributed by atoms with Crippen LogP contribution in [0.25, 0.3) is 0 Å². The smallest absolute Gasteiger partial charge is 0.338 e. The van der Waals surface area contributed by atoms with Crippen LogP contribution in [0.1, 0.15) is 48.0 Å². The number of carboxylic acid groups (broad SMARTS) is 1. The number of aliphatic carboxylic acids is 1. The zero-order chi connectivity index (χ0) is 14.3. The van der Waals surface area contributed by atoms with Crippen LogP contribution < -0.4 is 0 Å². The van der Waals surface area contributed by atoms with E-state index in [1.807, 2.05) is 34.6 Å².